The average molecular weight is 474 g/mol. The highest BCUT2D eigenvalue weighted by Gasteiger charge is 2.15. The van der Waals surface area contributed by atoms with Crippen LogP contribution < -0.4 is 20.1 Å². The Morgan fingerprint density at radius 2 is 1.96 bits per heavy atom. The van der Waals surface area contributed by atoms with Gasteiger partial charge in [-0.15, -0.1) is 24.0 Å². The van der Waals surface area contributed by atoms with E-state index in [0.29, 0.717) is 19.3 Å². The first-order valence-electron chi connectivity index (χ1n) is 9.37. The van der Waals surface area contributed by atoms with Crippen molar-refractivity contribution in [3.63, 3.8) is 0 Å². The Hall–Kier alpha value is -1.22. The van der Waals surface area contributed by atoms with Gasteiger partial charge >= 0.3 is 0 Å². The van der Waals surface area contributed by atoms with Crippen LogP contribution in [0.3, 0.4) is 0 Å². The number of nitrogens with one attached hydrogen (secondary N) is 2. The van der Waals surface area contributed by atoms with Gasteiger partial charge in [0.05, 0.1) is 6.54 Å². The number of benzene rings is 1. The number of likely N-dealkylation sites (tertiary alicyclic amines) is 1. The van der Waals surface area contributed by atoms with Gasteiger partial charge in [0.15, 0.2) is 17.5 Å². The molecule has 146 valence electrons. The fraction of sp³-hybridized carbons (Fsp3) is 0.632. The SMILES string of the molecule is CCNC(=NCc1ccc2c(c1)OCO2)NCC(C)CN1CCCC1.I. The molecule has 26 heavy (non-hydrogen) atoms. The van der Waals surface area contributed by atoms with Crippen molar-refractivity contribution in [3.05, 3.63) is 23.8 Å². The van der Waals surface area contributed by atoms with E-state index in [9.17, 15) is 0 Å². The van der Waals surface area contributed by atoms with Crippen molar-refractivity contribution in [2.45, 2.75) is 33.2 Å². The van der Waals surface area contributed by atoms with E-state index < -0.39 is 0 Å². The minimum atomic E-state index is 0. The third-order valence-corrected chi connectivity index (χ3v) is 4.59. The first-order chi connectivity index (χ1) is 12.2. The van der Waals surface area contributed by atoms with Gasteiger partial charge in [0.1, 0.15) is 0 Å². The highest BCUT2D eigenvalue weighted by Crippen LogP contribution is 2.32. The number of rotatable bonds is 7. The van der Waals surface area contributed by atoms with Crippen LogP contribution in [0, 0.1) is 5.92 Å². The van der Waals surface area contributed by atoms with Gasteiger partial charge in [-0.2, -0.15) is 0 Å². The molecule has 6 nitrogen and oxygen atoms in total. The van der Waals surface area contributed by atoms with Gasteiger partial charge in [0, 0.05) is 19.6 Å². The number of hydrogen-bond acceptors (Lipinski definition) is 4. The zero-order chi connectivity index (χ0) is 17.5. The number of ether oxygens (including phenoxy) is 2. The molecule has 1 fully saturated rings. The Balaban J connectivity index is 0.00000243. The van der Waals surface area contributed by atoms with Crippen LogP contribution in [0.4, 0.5) is 0 Å². The van der Waals surface area contributed by atoms with Crippen molar-refractivity contribution < 1.29 is 9.47 Å². The van der Waals surface area contributed by atoms with Gasteiger partial charge in [-0.3, -0.25) is 0 Å². The number of halogens is 1. The van der Waals surface area contributed by atoms with Crippen LogP contribution in [0.2, 0.25) is 0 Å². The van der Waals surface area contributed by atoms with Gasteiger partial charge < -0.3 is 25.0 Å². The average Bonchev–Trinajstić information content (AvgIpc) is 3.28. The Bertz CT molecular complexity index is 591. The zero-order valence-corrected chi connectivity index (χ0v) is 18.1. The standard InChI is InChI=1S/C19H30N4O2.HI/c1-3-20-19(21-11-15(2)13-23-8-4-5-9-23)22-12-16-6-7-17-18(10-16)25-14-24-17;/h6-7,10,15H,3-5,8-9,11-14H2,1-2H3,(H2,20,21,22);1H. The number of hydrogen-bond donors (Lipinski definition) is 2. The summed E-state index contributed by atoms with van der Waals surface area (Å²) in [5.41, 5.74) is 1.12. The van der Waals surface area contributed by atoms with Crippen molar-refractivity contribution in [1.29, 1.82) is 0 Å². The molecule has 0 radical (unpaired) electrons. The summed E-state index contributed by atoms with van der Waals surface area (Å²) in [7, 11) is 0. The van der Waals surface area contributed by atoms with E-state index in [1.807, 2.05) is 18.2 Å². The fourth-order valence-corrected chi connectivity index (χ4v) is 3.29. The van der Waals surface area contributed by atoms with Gasteiger partial charge in [0.25, 0.3) is 0 Å². The summed E-state index contributed by atoms with van der Waals surface area (Å²) in [6.45, 7) is 10.8. The van der Waals surface area contributed by atoms with Crippen molar-refractivity contribution in [2.75, 3.05) is 39.5 Å². The lowest BCUT2D eigenvalue weighted by Gasteiger charge is -2.21. The molecule has 7 heteroatoms. The van der Waals surface area contributed by atoms with Crippen LogP contribution in [-0.4, -0.2) is 50.4 Å². The molecule has 0 spiro atoms. The summed E-state index contributed by atoms with van der Waals surface area (Å²) in [4.78, 5) is 7.26. The summed E-state index contributed by atoms with van der Waals surface area (Å²) < 4.78 is 10.8. The zero-order valence-electron chi connectivity index (χ0n) is 15.8. The van der Waals surface area contributed by atoms with Gasteiger partial charge in [0.2, 0.25) is 6.79 Å². The summed E-state index contributed by atoms with van der Waals surface area (Å²) in [5.74, 6) is 3.10. The maximum absolute atomic E-state index is 5.43. The van der Waals surface area contributed by atoms with Gasteiger partial charge in [-0.25, -0.2) is 4.99 Å². The summed E-state index contributed by atoms with van der Waals surface area (Å²) in [6, 6.07) is 5.99. The first-order valence-corrected chi connectivity index (χ1v) is 9.37. The predicted octanol–water partition coefficient (Wildman–Crippen LogP) is 2.82. The van der Waals surface area contributed by atoms with Crippen LogP contribution in [-0.2, 0) is 6.54 Å². The quantitative estimate of drug-likeness (QED) is 0.362. The van der Waals surface area contributed by atoms with E-state index in [1.165, 1.54) is 25.9 Å². The maximum atomic E-state index is 5.43. The van der Waals surface area contributed by atoms with Crippen LogP contribution in [0.25, 0.3) is 0 Å². The first kappa shape index (κ1) is 21.1. The third-order valence-electron chi connectivity index (χ3n) is 4.59. The molecular formula is C19H31IN4O2. The molecule has 3 rings (SSSR count). The molecular weight excluding hydrogens is 443 g/mol. The van der Waals surface area contributed by atoms with Crippen molar-refractivity contribution in [1.82, 2.24) is 15.5 Å². The molecule has 0 aliphatic carbocycles. The second-order valence-corrected chi connectivity index (χ2v) is 6.88. The minimum absolute atomic E-state index is 0. The number of aliphatic imine (C=N–C) groups is 1. The molecule has 0 aromatic heterocycles. The van der Waals surface area contributed by atoms with Crippen LogP contribution >= 0.6 is 24.0 Å². The number of nitrogens with zero attached hydrogens (tertiary/aromatic N) is 2. The highest BCUT2D eigenvalue weighted by molar-refractivity contribution is 14.0. The van der Waals surface area contributed by atoms with E-state index in [0.717, 1.165) is 42.7 Å². The lowest BCUT2D eigenvalue weighted by molar-refractivity contribution is 0.174. The fourth-order valence-electron chi connectivity index (χ4n) is 3.29. The lowest BCUT2D eigenvalue weighted by Crippen LogP contribution is -2.41. The molecule has 1 saturated heterocycles. The molecule has 2 aliphatic rings. The lowest BCUT2D eigenvalue weighted by atomic mass is 10.1. The van der Waals surface area contributed by atoms with Gasteiger partial charge in [-0.05, 0) is 56.5 Å². The summed E-state index contributed by atoms with van der Waals surface area (Å²) in [5, 5.41) is 6.80. The molecule has 1 unspecified atom stereocenters. The second kappa shape index (κ2) is 10.8. The van der Waals surface area contributed by atoms with Crippen molar-refractivity contribution >= 4 is 29.9 Å². The van der Waals surface area contributed by atoms with E-state index in [4.69, 9.17) is 14.5 Å². The maximum Gasteiger partial charge on any atom is 0.231 e. The Morgan fingerprint density at radius 3 is 2.73 bits per heavy atom. The molecule has 0 saturated carbocycles. The third kappa shape index (κ3) is 6.19. The van der Waals surface area contributed by atoms with Crippen LogP contribution in [0.1, 0.15) is 32.3 Å². The summed E-state index contributed by atoms with van der Waals surface area (Å²) in [6.07, 6.45) is 2.69. The normalized spacial score (nSPS) is 17.7. The molecule has 1 aromatic rings. The number of guanidine groups is 1. The Kier molecular flexibility index (Phi) is 8.77. The van der Waals surface area contributed by atoms with E-state index in [1.54, 1.807) is 0 Å². The smallest absolute Gasteiger partial charge is 0.231 e. The largest absolute Gasteiger partial charge is 0.454 e. The molecule has 2 aliphatic heterocycles. The van der Waals surface area contributed by atoms with E-state index >= 15 is 0 Å². The highest BCUT2D eigenvalue weighted by atomic mass is 127. The molecule has 2 N–H and O–H groups in total. The molecule has 0 amide bonds. The van der Waals surface area contributed by atoms with Crippen molar-refractivity contribution in [2.24, 2.45) is 10.9 Å². The molecule has 1 atom stereocenters. The van der Waals surface area contributed by atoms with E-state index in [-0.39, 0.29) is 24.0 Å². The van der Waals surface area contributed by atoms with Gasteiger partial charge in [-0.1, -0.05) is 13.0 Å². The topological polar surface area (TPSA) is 58.1 Å². The van der Waals surface area contributed by atoms with Crippen molar-refractivity contribution in [3.8, 4) is 11.5 Å². The monoisotopic (exact) mass is 474 g/mol. The van der Waals surface area contributed by atoms with Crippen LogP contribution in [0.5, 0.6) is 11.5 Å². The Labute approximate surface area is 173 Å². The number of fused-ring (bicyclic) bond motifs is 1. The summed E-state index contributed by atoms with van der Waals surface area (Å²) >= 11 is 0. The van der Waals surface area contributed by atoms with E-state index in [2.05, 4.69) is 29.4 Å². The molecule has 2 heterocycles. The minimum Gasteiger partial charge on any atom is -0.454 e. The predicted molar refractivity (Wildman–Crippen MR) is 116 cm³/mol. The molecule has 1 aromatic carbocycles. The van der Waals surface area contributed by atoms with Crippen LogP contribution in [0.15, 0.2) is 23.2 Å². The second-order valence-electron chi connectivity index (χ2n) is 6.88. The Morgan fingerprint density at radius 1 is 1.19 bits per heavy atom. The molecule has 0 bridgehead atoms.